The molecule has 1 N–H and O–H groups in total. The van der Waals surface area contributed by atoms with Gasteiger partial charge in [-0.3, -0.25) is 9.80 Å². The zero-order valence-electron chi connectivity index (χ0n) is 16.7. The van der Waals surface area contributed by atoms with Crippen LogP contribution >= 0.6 is 0 Å². The largest absolute Gasteiger partial charge is 0.389 e. The molecule has 0 saturated carbocycles. The summed E-state index contributed by atoms with van der Waals surface area (Å²) < 4.78 is 6.13. The normalized spacial score (nSPS) is 22.0. The molecule has 150 valence electrons. The van der Waals surface area contributed by atoms with Crippen LogP contribution in [0.2, 0.25) is 0 Å². The molecule has 2 unspecified atom stereocenters. The van der Waals surface area contributed by atoms with Gasteiger partial charge in [-0.05, 0) is 36.0 Å². The first kappa shape index (κ1) is 19.6. The van der Waals surface area contributed by atoms with Crippen molar-refractivity contribution in [3.05, 3.63) is 71.3 Å². The molecule has 4 rings (SSSR count). The Morgan fingerprint density at radius 1 is 0.929 bits per heavy atom. The van der Waals surface area contributed by atoms with Gasteiger partial charge in [-0.25, -0.2) is 0 Å². The van der Waals surface area contributed by atoms with E-state index >= 15 is 0 Å². The molecule has 2 aliphatic rings. The van der Waals surface area contributed by atoms with Gasteiger partial charge in [-0.15, -0.1) is 0 Å². The van der Waals surface area contributed by atoms with Crippen LogP contribution in [0, 0.1) is 0 Å². The lowest BCUT2D eigenvalue weighted by molar-refractivity contribution is -0.0325. The number of aliphatic hydroxyl groups excluding tert-OH is 1. The predicted octanol–water partition coefficient (Wildman–Crippen LogP) is 3.26. The van der Waals surface area contributed by atoms with Gasteiger partial charge in [-0.1, -0.05) is 54.6 Å². The lowest BCUT2D eigenvalue weighted by Gasteiger charge is -2.36. The van der Waals surface area contributed by atoms with Crippen molar-refractivity contribution < 1.29 is 9.84 Å². The average molecular weight is 381 g/mol. The van der Waals surface area contributed by atoms with Crippen molar-refractivity contribution in [2.45, 2.75) is 38.0 Å². The third-order valence-corrected chi connectivity index (χ3v) is 5.99. The van der Waals surface area contributed by atoms with Crippen molar-refractivity contribution in [2.75, 3.05) is 39.3 Å². The Morgan fingerprint density at radius 2 is 1.64 bits per heavy atom. The van der Waals surface area contributed by atoms with Crippen molar-refractivity contribution in [1.82, 2.24) is 9.80 Å². The number of piperazine rings is 1. The number of ether oxygens (including phenoxy) is 1. The standard InChI is InChI=1S/C24H32N2O2/c27-22(19-28-24-12-6-10-21-9-4-5-11-23(21)24)18-26-15-13-25(14-16-26)17-20-7-2-1-3-8-20/h1-5,7-9,11,22,24,27H,6,10,12-19H2. The first-order chi connectivity index (χ1) is 13.8. The third-order valence-electron chi connectivity index (χ3n) is 5.99. The van der Waals surface area contributed by atoms with Crippen LogP contribution in [0.1, 0.15) is 35.6 Å². The highest BCUT2D eigenvalue weighted by Crippen LogP contribution is 2.32. The number of hydrogen-bond donors (Lipinski definition) is 1. The molecular formula is C24H32N2O2. The molecule has 0 amide bonds. The van der Waals surface area contributed by atoms with Crippen LogP contribution in [-0.2, 0) is 17.7 Å². The van der Waals surface area contributed by atoms with Gasteiger partial charge in [0.05, 0.1) is 18.8 Å². The van der Waals surface area contributed by atoms with E-state index in [-0.39, 0.29) is 6.10 Å². The molecule has 4 heteroatoms. The fourth-order valence-corrected chi connectivity index (χ4v) is 4.43. The van der Waals surface area contributed by atoms with Crippen LogP contribution in [-0.4, -0.2) is 60.3 Å². The van der Waals surface area contributed by atoms with Gasteiger partial charge in [0.15, 0.2) is 0 Å². The molecule has 0 radical (unpaired) electrons. The Morgan fingerprint density at radius 3 is 2.46 bits per heavy atom. The van der Waals surface area contributed by atoms with Crippen molar-refractivity contribution in [3.63, 3.8) is 0 Å². The van der Waals surface area contributed by atoms with E-state index < -0.39 is 6.10 Å². The van der Waals surface area contributed by atoms with E-state index in [0.29, 0.717) is 13.2 Å². The summed E-state index contributed by atoms with van der Waals surface area (Å²) in [4.78, 5) is 4.86. The van der Waals surface area contributed by atoms with Crippen LogP contribution in [0.4, 0.5) is 0 Å². The number of fused-ring (bicyclic) bond motifs is 1. The van der Waals surface area contributed by atoms with Crippen molar-refractivity contribution in [1.29, 1.82) is 0 Å². The van der Waals surface area contributed by atoms with Crippen molar-refractivity contribution in [3.8, 4) is 0 Å². The highest BCUT2D eigenvalue weighted by molar-refractivity contribution is 5.31. The fraction of sp³-hybridized carbons (Fsp3) is 0.500. The maximum absolute atomic E-state index is 10.5. The Kier molecular flexibility index (Phi) is 6.76. The van der Waals surface area contributed by atoms with Gasteiger partial charge in [0, 0.05) is 39.3 Å². The van der Waals surface area contributed by atoms with E-state index in [1.165, 1.54) is 23.1 Å². The molecule has 1 aliphatic carbocycles. The molecular weight excluding hydrogens is 348 g/mol. The first-order valence-electron chi connectivity index (χ1n) is 10.6. The van der Waals surface area contributed by atoms with E-state index in [1.807, 2.05) is 0 Å². The highest BCUT2D eigenvalue weighted by atomic mass is 16.5. The fourth-order valence-electron chi connectivity index (χ4n) is 4.43. The topological polar surface area (TPSA) is 35.9 Å². The minimum atomic E-state index is -0.422. The number of hydrogen-bond acceptors (Lipinski definition) is 4. The Balaban J connectivity index is 1.19. The monoisotopic (exact) mass is 380 g/mol. The van der Waals surface area contributed by atoms with Crippen LogP contribution in [0.3, 0.4) is 0 Å². The first-order valence-corrected chi connectivity index (χ1v) is 10.6. The molecule has 0 bridgehead atoms. The maximum Gasteiger partial charge on any atom is 0.0900 e. The van der Waals surface area contributed by atoms with Gasteiger partial charge < -0.3 is 9.84 Å². The number of nitrogens with zero attached hydrogens (tertiary/aromatic N) is 2. The summed E-state index contributed by atoms with van der Waals surface area (Å²) in [5, 5.41) is 10.5. The van der Waals surface area contributed by atoms with Gasteiger partial charge in [0.2, 0.25) is 0 Å². The average Bonchev–Trinajstić information content (AvgIpc) is 2.74. The Bertz CT molecular complexity index is 728. The summed E-state index contributed by atoms with van der Waals surface area (Å²) in [6.45, 7) is 6.27. The van der Waals surface area contributed by atoms with Gasteiger partial charge >= 0.3 is 0 Å². The molecule has 2 atom stereocenters. The molecule has 0 spiro atoms. The van der Waals surface area contributed by atoms with Gasteiger partial charge in [0.25, 0.3) is 0 Å². The second kappa shape index (κ2) is 9.66. The van der Waals surface area contributed by atoms with Gasteiger partial charge in [0.1, 0.15) is 0 Å². The number of aryl methyl sites for hydroxylation is 1. The lowest BCUT2D eigenvalue weighted by atomic mass is 9.89. The van der Waals surface area contributed by atoms with Crippen molar-refractivity contribution >= 4 is 0 Å². The summed E-state index contributed by atoms with van der Waals surface area (Å²) in [5.41, 5.74) is 4.09. The van der Waals surface area contributed by atoms with E-state index in [2.05, 4.69) is 64.4 Å². The third kappa shape index (κ3) is 5.21. The van der Waals surface area contributed by atoms with E-state index in [0.717, 1.165) is 45.6 Å². The number of benzene rings is 2. The Hall–Kier alpha value is -1.72. The minimum absolute atomic E-state index is 0.141. The molecule has 2 aromatic rings. The second-order valence-electron chi connectivity index (χ2n) is 8.13. The molecule has 1 fully saturated rings. The molecule has 2 aromatic carbocycles. The number of rotatable bonds is 7. The second-order valence-corrected chi connectivity index (χ2v) is 8.13. The SMILES string of the molecule is OC(COC1CCCc2ccccc21)CN1CCN(Cc2ccccc2)CC1. The van der Waals surface area contributed by atoms with Crippen LogP contribution in [0.15, 0.2) is 54.6 Å². The van der Waals surface area contributed by atoms with E-state index in [1.54, 1.807) is 0 Å². The number of β-amino-alcohol motifs (C(OH)–C–C–N with tert-alkyl or cyclic N) is 1. The van der Waals surface area contributed by atoms with Crippen molar-refractivity contribution in [2.24, 2.45) is 0 Å². The summed E-state index contributed by atoms with van der Waals surface area (Å²) in [6, 6.07) is 19.2. The molecule has 1 saturated heterocycles. The minimum Gasteiger partial charge on any atom is -0.389 e. The van der Waals surface area contributed by atoms with E-state index in [4.69, 9.17) is 4.74 Å². The smallest absolute Gasteiger partial charge is 0.0900 e. The highest BCUT2D eigenvalue weighted by Gasteiger charge is 2.23. The summed E-state index contributed by atoms with van der Waals surface area (Å²) in [6.07, 6.45) is 3.09. The summed E-state index contributed by atoms with van der Waals surface area (Å²) in [5.74, 6) is 0. The maximum atomic E-state index is 10.5. The van der Waals surface area contributed by atoms with Gasteiger partial charge in [-0.2, -0.15) is 0 Å². The molecule has 0 aromatic heterocycles. The zero-order chi connectivity index (χ0) is 19.2. The summed E-state index contributed by atoms with van der Waals surface area (Å²) >= 11 is 0. The molecule has 28 heavy (non-hydrogen) atoms. The van der Waals surface area contributed by atoms with E-state index in [9.17, 15) is 5.11 Å². The van der Waals surface area contributed by atoms with Crippen LogP contribution in [0.5, 0.6) is 0 Å². The molecule has 1 heterocycles. The summed E-state index contributed by atoms with van der Waals surface area (Å²) in [7, 11) is 0. The lowest BCUT2D eigenvalue weighted by Crippen LogP contribution is -2.48. The Labute approximate surface area is 168 Å². The quantitative estimate of drug-likeness (QED) is 0.800. The zero-order valence-corrected chi connectivity index (χ0v) is 16.7. The predicted molar refractivity (Wildman–Crippen MR) is 112 cm³/mol. The van der Waals surface area contributed by atoms with Crippen LogP contribution in [0.25, 0.3) is 0 Å². The van der Waals surface area contributed by atoms with Crippen LogP contribution < -0.4 is 0 Å². The number of aliphatic hydroxyl groups is 1. The molecule has 4 nitrogen and oxygen atoms in total. The molecule has 1 aliphatic heterocycles.